The SMILES string of the molecule is CCc1ccc(C(=O)N(C[C@@H]2CNC[C@@H]2O)C(C)C)cc1OCCCOC. The van der Waals surface area contributed by atoms with Crippen molar-refractivity contribution in [3.05, 3.63) is 29.3 Å². The van der Waals surface area contributed by atoms with Crippen LogP contribution in [-0.2, 0) is 11.2 Å². The fraction of sp³-hybridized carbons (Fsp3) is 0.667. The first-order valence-electron chi connectivity index (χ1n) is 9.92. The Morgan fingerprint density at radius 1 is 1.33 bits per heavy atom. The van der Waals surface area contributed by atoms with Gasteiger partial charge in [0.1, 0.15) is 5.75 Å². The summed E-state index contributed by atoms with van der Waals surface area (Å²) in [7, 11) is 1.67. The molecule has 1 aromatic carbocycles. The Morgan fingerprint density at radius 2 is 2.11 bits per heavy atom. The van der Waals surface area contributed by atoms with Gasteiger partial charge < -0.3 is 24.8 Å². The number of carbonyl (C=O) groups is 1. The molecule has 1 heterocycles. The molecule has 2 N–H and O–H groups in total. The number of hydrogen-bond donors (Lipinski definition) is 2. The second kappa shape index (κ2) is 10.6. The van der Waals surface area contributed by atoms with Gasteiger partial charge in [-0.1, -0.05) is 13.0 Å². The lowest BCUT2D eigenvalue weighted by Crippen LogP contribution is -2.43. The number of rotatable bonds is 10. The van der Waals surface area contributed by atoms with Gasteiger partial charge in [-0.3, -0.25) is 4.79 Å². The van der Waals surface area contributed by atoms with E-state index in [0.717, 1.165) is 30.7 Å². The standard InChI is InChI=1S/C21H34N2O4/c1-5-16-7-8-17(11-20(16)27-10-6-9-26-4)21(25)23(15(2)3)14-18-12-22-13-19(18)24/h7-8,11,15,18-19,22,24H,5-6,9-10,12-14H2,1-4H3/t18-,19-/m0/s1. The highest BCUT2D eigenvalue weighted by atomic mass is 16.5. The molecule has 6 heteroatoms. The quantitative estimate of drug-likeness (QED) is 0.610. The first-order chi connectivity index (χ1) is 13.0. The number of ether oxygens (including phenoxy) is 2. The molecule has 0 aromatic heterocycles. The molecule has 1 aromatic rings. The van der Waals surface area contributed by atoms with Crippen molar-refractivity contribution in [1.29, 1.82) is 0 Å². The molecule has 0 unspecified atom stereocenters. The summed E-state index contributed by atoms with van der Waals surface area (Å²) in [4.78, 5) is 15.0. The molecule has 27 heavy (non-hydrogen) atoms. The topological polar surface area (TPSA) is 71.0 Å². The van der Waals surface area contributed by atoms with Crippen molar-refractivity contribution in [3.63, 3.8) is 0 Å². The Kier molecular flexibility index (Phi) is 8.54. The van der Waals surface area contributed by atoms with Crippen molar-refractivity contribution in [2.75, 3.05) is 40.0 Å². The average Bonchev–Trinajstić information content (AvgIpc) is 3.07. The molecule has 0 bridgehead atoms. The molecular weight excluding hydrogens is 344 g/mol. The average molecular weight is 379 g/mol. The van der Waals surface area contributed by atoms with E-state index in [2.05, 4.69) is 12.2 Å². The first kappa shape index (κ1) is 21.7. The molecule has 0 spiro atoms. The lowest BCUT2D eigenvalue weighted by atomic mass is 10.0. The van der Waals surface area contributed by atoms with Crippen LogP contribution in [0.3, 0.4) is 0 Å². The van der Waals surface area contributed by atoms with E-state index in [4.69, 9.17) is 9.47 Å². The number of amides is 1. The number of aryl methyl sites for hydroxylation is 1. The van der Waals surface area contributed by atoms with Crippen LogP contribution >= 0.6 is 0 Å². The van der Waals surface area contributed by atoms with Gasteiger partial charge in [0.2, 0.25) is 0 Å². The molecule has 1 saturated heterocycles. The minimum atomic E-state index is -0.402. The number of β-amino-alcohol motifs (C(OH)–C–C–N with tert-alkyl or cyclic N) is 1. The number of methoxy groups -OCH3 is 1. The van der Waals surface area contributed by atoms with E-state index in [1.54, 1.807) is 7.11 Å². The molecular formula is C21H34N2O4. The summed E-state index contributed by atoms with van der Waals surface area (Å²) in [6.07, 6.45) is 1.26. The number of carbonyl (C=O) groups excluding carboxylic acids is 1. The highest BCUT2D eigenvalue weighted by molar-refractivity contribution is 5.95. The molecule has 2 atom stereocenters. The second-order valence-electron chi connectivity index (χ2n) is 7.41. The van der Waals surface area contributed by atoms with E-state index in [0.29, 0.717) is 31.9 Å². The Labute approximate surface area is 162 Å². The Bertz CT molecular complexity index is 606. The largest absolute Gasteiger partial charge is 0.493 e. The van der Waals surface area contributed by atoms with E-state index in [9.17, 15) is 9.90 Å². The summed E-state index contributed by atoms with van der Waals surface area (Å²) in [5.41, 5.74) is 1.72. The fourth-order valence-corrected chi connectivity index (χ4v) is 3.35. The van der Waals surface area contributed by atoms with Crippen LogP contribution in [0.15, 0.2) is 18.2 Å². The lowest BCUT2D eigenvalue weighted by Gasteiger charge is -2.30. The van der Waals surface area contributed by atoms with Crippen LogP contribution in [0, 0.1) is 5.92 Å². The lowest BCUT2D eigenvalue weighted by molar-refractivity contribution is 0.0598. The van der Waals surface area contributed by atoms with Gasteiger partial charge in [0, 0.05) is 57.3 Å². The third-order valence-corrected chi connectivity index (χ3v) is 5.06. The van der Waals surface area contributed by atoms with E-state index in [1.807, 2.05) is 36.9 Å². The van der Waals surface area contributed by atoms with Crippen molar-refractivity contribution >= 4 is 5.91 Å². The van der Waals surface area contributed by atoms with Crippen molar-refractivity contribution in [3.8, 4) is 5.75 Å². The minimum absolute atomic E-state index is 0.0199. The van der Waals surface area contributed by atoms with Gasteiger partial charge >= 0.3 is 0 Å². The van der Waals surface area contributed by atoms with Gasteiger partial charge in [0.15, 0.2) is 0 Å². The van der Waals surface area contributed by atoms with E-state index in [1.165, 1.54) is 0 Å². The third-order valence-electron chi connectivity index (χ3n) is 5.06. The van der Waals surface area contributed by atoms with Gasteiger partial charge in [-0.05, 0) is 38.0 Å². The molecule has 1 amide bonds. The molecule has 1 aliphatic heterocycles. The highest BCUT2D eigenvalue weighted by Gasteiger charge is 2.30. The predicted octanol–water partition coefficient (Wildman–Crippen LogP) is 2.10. The van der Waals surface area contributed by atoms with E-state index < -0.39 is 6.10 Å². The summed E-state index contributed by atoms with van der Waals surface area (Å²) in [5.74, 6) is 0.815. The zero-order valence-corrected chi connectivity index (χ0v) is 17.0. The summed E-state index contributed by atoms with van der Waals surface area (Å²) >= 11 is 0. The minimum Gasteiger partial charge on any atom is -0.493 e. The smallest absolute Gasteiger partial charge is 0.254 e. The van der Waals surface area contributed by atoms with E-state index >= 15 is 0 Å². The van der Waals surface area contributed by atoms with Crippen LogP contribution in [0.25, 0.3) is 0 Å². The van der Waals surface area contributed by atoms with Crippen LogP contribution in [0.4, 0.5) is 0 Å². The van der Waals surface area contributed by atoms with Crippen molar-refractivity contribution in [1.82, 2.24) is 10.2 Å². The van der Waals surface area contributed by atoms with Gasteiger partial charge in [-0.15, -0.1) is 0 Å². The number of nitrogens with zero attached hydrogens (tertiary/aromatic N) is 1. The van der Waals surface area contributed by atoms with Crippen LogP contribution in [0.2, 0.25) is 0 Å². The first-order valence-corrected chi connectivity index (χ1v) is 9.92. The zero-order valence-electron chi connectivity index (χ0n) is 17.0. The van der Waals surface area contributed by atoms with Crippen LogP contribution in [0.1, 0.15) is 43.1 Å². The molecule has 152 valence electrons. The summed E-state index contributed by atoms with van der Waals surface area (Å²) < 4.78 is 11.0. The fourth-order valence-electron chi connectivity index (χ4n) is 3.35. The summed E-state index contributed by atoms with van der Waals surface area (Å²) in [6, 6.07) is 5.76. The molecule has 0 saturated carbocycles. The van der Waals surface area contributed by atoms with Crippen LogP contribution < -0.4 is 10.1 Å². The second-order valence-corrected chi connectivity index (χ2v) is 7.41. The maximum absolute atomic E-state index is 13.2. The third kappa shape index (κ3) is 5.92. The zero-order chi connectivity index (χ0) is 19.8. The number of hydrogen-bond acceptors (Lipinski definition) is 5. The van der Waals surface area contributed by atoms with Gasteiger partial charge in [-0.2, -0.15) is 0 Å². The number of aliphatic hydroxyl groups excluding tert-OH is 1. The van der Waals surface area contributed by atoms with Crippen molar-refractivity contribution < 1.29 is 19.4 Å². The summed E-state index contributed by atoms with van der Waals surface area (Å²) in [5, 5.41) is 13.3. The highest BCUT2D eigenvalue weighted by Crippen LogP contribution is 2.24. The molecule has 0 aliphatic carbocycles. The Hall–Kier alpha value is -1.63. The maximum Gasteiger partial charge on any atom is 0.254 e. The normalized spacial score (nSPS) is 19.5. The Morgan fingerprint density at radius 3 is 2.70 bits per heavy atom. The summed E-state index contributed by atoms with van der Waals surface area (Å²) in [6.45, 7) is 9.18. The molecule has 2 rings (SSSR count). The number of benzene rings is 1. The number of aliphatic hydroxyl groups is 1. The van der Waals surface area contributed by atoms with Crippen LogP contribution in [0.5, 0.6) is 5.75 Å². The van der Waals surface area contributed by atoms with Crippen molar-refractivity contribution in [2.24, 2.45) is 5.92 Å². The predicted molar refractivity (Wildman–Crippen MR) is 106 cm³/mol. The number of nitrogens with one attached hydrogen (secondary N) is 1. The Balaban J connectivity index is 2.14. The van der Waals surface area contributed by atoms with E-state index in [-0.39, 0.29) is 17.9 Å². The van der Waals surface area contributed by atoms with Gasteiger partial charge in [-0.25, -0.2) is 0 Å². The monoisotopic (exact) mass is 378 g/mol. The molecule has 1 aliphatic rings. The van der Waals surface area contributed by atoms with Crippen LogP contribution in [-0.4, -0.2) is 68.0 Å². The van der Waals surface area contributed by atoms with Gasteiger partial charge in [0.25, 0.3) is 5.91 Å². The van der Waals surface area contributed by atoms with Gasteiger partial charge in [0.05, 0.1) is 12.7 Å². The molecule has 0 radical (unpaired) electrons. The van der Waals surface area contributed by atoms with Crippen molar-refractivity contribution in [2.45, 2.75) is 45.8 Å². The maximum atomic E-state index is 13.2. The molecule has 1 fully saturated rings. The molecule has 6 nitrogen and oxygen atoms in total.